The highest BCUT2D eigenvalue weighted by Crippen LogP contribution is 2.31. The molecule has 1 aromatic heterocycles. The van der Waals surface area contributed by atoms with Gasteiger partial charge in [-0.25, -0.2) is 4.79 Å². The maximum atomic E-state index is 12.0. The number of hydrogen-bond acceptors (Lipinski definition) is 3. The van der Waals surface area contributed by atoms with E-state index >= 15 is 0 Å². The molecule has 1 aromatic rings. The van der Waals surface area contributed by atoms with Crippen molar-refractivity contribution in [3.8, 4) is 0 Å². The summed E-state index contributed by atoms with van der Waals surface area (Å²) in [6.07, 6.45) is 1.97. The molecule has 0 aliphatic carbocycles. The van der Waals surface area contributed by atoms with Crippen LogP contribution in [0.3, 0.4) is 0 Å². The molecule has 0 spiro atoms. The Bertz CT molecular complexity index is 400. The molecule has 1 fully saturated rings. The standard InChI is InChI=1S/C12H19N3O2/c1-8(2)13-12(16)15-6-4-5-11(15)10-7-9(3)17-14-10/h7-8,11H,4-6H2,1-3H3,(H,13,16)/t11-/m1/s1. The second-order valence-electron chi connectivity index (χ2n) is 4.82. The van der Waals surface area contributed by atoms with E-state index in [0.29, 0.717) is 0 Å². The van der Waals surface area contributed by atoms with E-state index in [2.05, 4.69) is 10.5 Å². The smallest absolute Gasteiger partial charge is 0.318 e. The molecule has 1 saturated heterocycles. The first-order valence-corrected chi connectivity index (χ1v) is 6.08. The number of carbonyl (C=O) groups excluding carboxylic acids is 1. The molecule has 1 aliphatic rings. The highest BCUT2D eigenvalue weighted by atomic mass is 16.5. The maximum Gasteiger partial charge on any atom is 0.318 e. The lowest BCUT2D eigenvalue weighted by Gasteiger charge is -2.24. The number of carbonyl (C=O) groups is 1. The summed E-state index contributed by atoms with van der Waals surface area (Å²) in [6.45, 7) is 6.57. The van der Waals surface area contributed by atoms with E-state index in [1.165, 1.54) is 0 Å². The van der Waals surface area contributed by atoms with Crippen LogP contribution in [0.4, 0.5) is 4.79 Å². The van der Waals surface area contributed by atoms with E-state index in [4.69, 9.17) is 4.52 Å². The lowest BCUT2D eigenvalue weighted by molar-refractivity contribution is 0.188. The topological polar surface area (TPSA) is 58.4 Å². The number of amides is 2. The fourth-order valence-corrected chi connectivity index (χ4v) is 2.19. The lowest BCUT2D eigenvalue weighted by Crippen LogP contribution is -2.42. The van der Waals surface area contributed by atoms with Gasteiger partial charge in [0, 0.05) is 18.7 Å². The van der Waals surface area contributed by atoms with Crippen molar-refractivity contribution >= 4 is 6.03 Å². The van der Waals surface area contributed by atoms with Crippen molar-refractivity contribution in [2.75, 3.05) is 6.54 Å². The molecule has 1 N–H and O–H groups in total. The van der Waals surface area contributed by atoms with Gasteiger partial charge in [-0.1, -0.05) is 5.16 Å². The van der Waals surface area contributed by atoms with Gasteiger partial charge in [0.25, 0.3) is 0 Å². The van der Waals surface area contributed by atoms with E-state index in [9.17, 15) is 4.79 Å². The molecule has 0 bridgehead atoms. The second kappa shape index (κ2) is 4.77. The van der Waals surface area contributed by atoms with Gasteiger partial charge < -0.3 is 14.7 Å². The van der Waals surface area contributed by atoms with Gasteiger partial charge in [-0.3, -0.25) is 0 Å². The molecule has 0 radical (unpaired) electrons. The van der Waals surface area contributed by atoms with E-state index in [-0.39, 0.29) is 18.1 Å². The third kappa shape index (κ3) is 2.60. The van der Waals surface area contributed by atoms with Gasteiger partial charge in [-0.15, -0.1) is 0 Å². The SMILES string of the molecule is Cc1cc([C@H]2CCCN2C(=O)NC(C)C)no1. The Labute approximate surface area is 101 Å². The summed E-state index contributed by atoms with van der Waals surface area (Å²) in [4.78, 5) is 13.8. The summed E-state index contributed by atoms with van der Waals surface area (Å²) in [7, 11) is 0. The van der Waals surface area contributed by atoms with Crippen LogP contribution in [0.5, 0.6) is 0 Å². The Morgan fingerprint density at radius 3 is 3.00 bits per heavy atom. The molecule has 5 nitrogen and oxygen atoms in total. The number of aromatic nitrogens is 1. The van der Waals surface area contributed by atoms with Crippen molar-refractivity contribution in [1.29, 1.82) is 0 Å². The summed E-state index contributed by atoms with van der Waals surface area (Å²) < 4.78 is 5.08. The van der Waals surface area contributed by atoms with Gasteiger partial charge >= 0.3 is 6.03 Å². The van der Waals surface area contributed by atoms with Crippen LogP contribution in [-0.4, -0.2) is 28.7 Å². The van der Waals surface area contributed by atoms with Crippen molar-refractivity contribution in [2.45, 2.75) is 45.7 Å². The summed E-state index contributed by atoms with van der Waals surface area (Å²) in [6, 6.07) is 2.11. The molecule has 17 heavy (non-hydrogen) atoms. The number of urea groups is 1. The zero-order valence-corrected chi connectivity index (χ0v) is 10.6. The molecular formula is C12H19N3O2. The monoisotopic (exact) mass is 237 g/mol. The molecule has 2 rings (SSSR count). The van der Waals surface area contributed by atoms with E-state index < -0.39 is 0 Å². The molecule has 0 unspecified atom stereocenters. The molecule has 0 saturated carbocycles. The largest absolute Gasteiger partial charge is 0.361 e. The minimum Gasteiger partial charge on any atom is -0.361 e. The van der Waals surface area contributed by atoms with Crippen LogP contribution in [0.2, 0.25) is 0 Å². The van der Waals surface area contributed by atoms with E-state index in [1.54, 1.807) is 0 Å². The molecule has 5 heteroatoms. The van der Waals surface area contributed by atoms with Gasteiger partial charge in [0.2, 0.25) is 0 Å². The highest BCUT2D eigenvalue weighted by molar-refractivity contribution is 5.75. The van der Waals surface area contributed by atoms with Crippen molar-refractivity contribution in [2.24, 2.45) is 0 Å². The van der Waals surface area contributed by atoms with E-state index in [1.807, 2.05) is 31.7 Å². The number of hydrogen-bond donors (Lipinski definition) is 1. The van der Waals surface area contributed by atoms with Crippen LogP contribution in [0.25, 0.3) is 0 Å². The fraction of sp³-hybridized carbons (Fsp3) is 0.667. The molecule has 2 heterocycles. The zero-order chi connectivity index (χ0) is 12.4. The first kappa shape index (κ1) is 12.0. The number of aryl methyl sites for hydroxylation is 1. The van der Waals surface area contributed by atoms with Gasteiger partial charge in [0.15, 0.2) is 0 Å². The first-order valence-electron chi connectivity index (χ1n) is 6.08. The summed E-state index contributed by atoms with van der Waals surface area (Å²) in [5.74, 6) is 0.788. The Morgan fingerprint density at radius 1 is 1.65 bits per heavy atom. The van der Waals surface area contributed by atoms with Crippen molar-refractivity contribution in [1.82, 2.24) is 15.4 Å². The minimum absolute atomic E-state index is 0.0110. The Balaban J connectivity index is 2.09. The summed E-state index contributed by atoms with van der Waals surface area (Å²) in [5, 5.41) is 6.93. The number of nitrogens with zero attached hydrogens (tertiary/aromatic N) is 2. The molecule has 0 aromatic carbocycles. The Hall–Kier alpha value is -1.52. The third-order valence-electron chi connectivity index (χ3n) is 2.91. The Kier molecular flexibility index (Phi) is 3.36. The third-order valence-corrected chi connectivity index (χ3v) is 2.91. The highest BCUT2D eigenvalue weighted by Gasteiger charge is 2.32. The molecule has 1 atom stereocenters. The van der Waals surface area contributed by atoms with Gasteiger partial charge in [-0.2, -0.15) is 0 Å². The van der Waals surface area contributed by atoms with Crippen LogP contribution >= 0.6 is 0 Å². The molecular weight excluding hydrogens is 218 g/mol. The number of rotatable bonds is 2. The van der Waals surface area contributed by atoms with Crippen LogP contribution in [-0.2, 0) is 0 Å². The quantitative estimate of drug-likeness (QED) is 0.858. The second-order valence-corrected chi connectivity index (χ2v) is 4.82. The van der Waals surface area contributed by atoms with Gasteiger partial charge in [0.05, 0.1) is 6.04 Å². The Morgan fingerprint density at radius 2 is 2.41 bits per heavy atom. The first-order chi connectivity index (χ1) is 8.08. The lowest BCUT2D eigenvalue weighted by atomic mass is 10.1. The predicted molar refractivity (Wildman–Crippen MR) is 63.6 cm³/mol. The molecule has 94 valence electrons. The van der Waals surface area contributed by atoms with Crippen LogP contribution < -0.4 is 5.32 Å². The van der Waals surface area contributed by atoms with Crippen LogP contribution in [0, 0.1) is 6.92 Å². The molecule has 1 aliphatic heterocycles. The molecule has 2 amide bonds. The van der Waals surface area contributed by atoms with E-state index in [0.717, 1.165) is 30.8 Å². The average Bonchev–Trinajstić information content (AvgIpc) is 2.83. The van der Waals surface area contributed by atoms with Gasteiger partial charge in [-0.05, 0) is 33.6 Å². The maximum absolute atomic E-state index is 12.0. The summed E-state index contributed by atoms with van der Waals surface area (Å²) >= 11 is 0. The number of nitrogens with one attached hydrogen (secondary N) is 1. The average molecular weight is 237 g/mol. The van der Waals surface area contributed by atoms with Crippen molar-refractivity contribution in [3.63, 3.8) is 0 Å². The van der Waals surface area contributed by atoms with Crippen LogP contribution in [0.1, 0.15) is 44.2 Å². The minimum atomic E-state index is -0.0110. The number of likely N-dealkylation sites (tertiary alicyclic amines) is 1. The van der Waals surface area contributed by atoms with Gasteiger partial charge in [0.1, 0.15) is 11.5 Å². The predicted octanol–water partition coefficient (Wildman–Crippen LogP) is 2.24. The normalized spacial score (nSPS) is 20.0. The van der Waals surface area contributed by atoms with Crippen molar-refractivity contribution < 1.29 is 9.32 Å². The summed E-state index contributed by atoms with van der Waals surface area (Å²) in [5.41, 5.74) is 0.860. The van der Waals surface area contributed by atoms with Crippen LogP contribution in [0.15, 0.2) is 10.6 Å². The fourth-order valence-electron chi connectivity index (χ4n) is 2.19. The van der Waals surface area contributed by atoms with Crippen molar-refractivity contribution in [3.05, 3.63) is 17.5 Å². The zero-order valence-electron chi connectivity index (χ0n) is 10.6.